The number of benzene rings is 1. The Labute approximate surface area is 143 Å². The SMILES string of the molecule is COCCCNC(=O)c1cnc(Nc2ccc(Br)c(C)c2)cn1. The fourth-order valence-corrected chi connectivity index (χ4v) is 2.14. The number of aromatic nitrogens is 2. The minimum atomic E-state index is -0.236. The first kappa shape index (κ1) is 17.4. The smallest absolute Gasteiger partial charge is 0.271 e. The van der Waals surface area contributed by atoms with Crippen LogP contribution in [0.5, 0.6) is 0 Å². The van der Waals surface area contributed by atoms with E-state index in [0.29, 0.717) is 24.7 Å². The number of hydrogen-bond donors (Lipinski definition) is 2. The molecular weight excluding hydrogens is 360 g/mol. The van der Waals surface area contributed by atoms with E-state index in [1.165, 1.54) is 6.20 Å². The molecule has 0 aliphatic heterocycles. The highest BCUT2D eigenvalue weighted by molar-refractivity contribution is 9.10. The van der Waals surface area contributed by atoms with Crippen molar-refractivity contribution in [3.05, 3.63) is 46.3 Å². The van der Waals surface area contributed by atoms with Crippen LogP contribution in [0.1, 0.15) is 22.5 Å². The molecule has 0 saturated heterocycles. The molecule has 1 amide bonds. The van der Waals surface area contributed by atoms with Gasteiger partial charge in [-0.25, -0.2) is 9.97 Å². The molecule has 23 heavy (non-hydrogen) atoms. The van der Waals surface area contributed by atoms with Gasteiger partial charge in [0.1, 0.15) is 11.5 Å². The zero-order chi connectivity index (χ0) is 16.7. The Morgan fingerprint density at radius 1 is 1.30 bits per heavy atom. The lowest BCUT2D eigenvalue weighted by atomic mass is 10.2. The van der Waals surface area contributed by atoms with Gasteiger partial charge < -0.3 is 15.4 Å². The van der Waals surface area contributed by atoms with Gasteiger partial charge in [-0.3, -0.25) is 4.79 Å². The first-order valence-corrected chi connectivity index (χ1v) is 8.02. The summed E-state index contributed by atoms with van der Waals surface area (Å²) < 4.78 is 5.98. The van der Waals surface area contributed by atoms with Gasteiger partial charge in [-0.2, -0.15) is 0 Å². The predicted molar refractivity (Wildman–Crippen MR) is 93.0 cm³/mol. The van der Waals surface area contributed by atoms with Crippen molar-refractivity contribution in [2.24, 2.45) is 0 Å². The molecule has 0 atom stereocenters. The second kappa shape index (κ2) is 8.59. The fourth-order valence-electron chi connectivity index (χ4n) is 1.89. The quantitative estimate of drug-likeness (QED) is 0.724. The lowest BCUT2D eigenvalue weighted by Gasteiger charge is -2.08. The first-order chi connectivity index (χ1) is 11.1. The number of carbonyl (C=O) groups excluding carboxylic acids is 1. The van der Waals surface area contributed by atoms with Crippen LogP contribution in [0.2, 0.25) is 0 Å². The van der Waals surface area contributed by atoms with E-state index in [9.17, 15) is 4.79 Å². The van der Waals surface area contributed by atoms with Crippen molar-refractivity contribution >= 4 is 33.3 Å². The van der Waals surface area contributed by atoms with E-state index in [-0.39, 0.29) is 5.91 Å². The van der Waals surface area contributed by atoms with Gasteiger partial charge in [-0.1, -0.05) is 15.9 Å². The van der Waals surface area contributed by atoms with Crippen LogP contribution in [-0.4, -0.2) is 36.1 Å². The zero-order valence-corrected chi connectivity index (χ0v) is 14.7. The molecule has 7 heteroatoms. The number of ether oxygens (including phenoxy) is 1. The normalized spacial score (nSPS) is 10.4. The highest BCUT2D eigenvalue weighted by atomic mass is 79.9. The number of anilines is 2. The highest BCUT2D eigenvalue weighted by Gasteiger charge is 2.07. The molecule has 122 valence electrons. The number of hydrogen-bond acceptors (Lipinski definition) is 5. The number of halogens is 1. The van der Waals surface area contributed by atoms with Crippen LogP contribution < -0.4 is 10.6 Å². The largest absolute Gasteiger partial charge is 0.385 e. The topological polar surface area (TPSA) is 76.1 Å². The molecule has 1 aromatic heterocycles. The summed E-state index contributed by atoms with van der Waals surface area (Å²) in [7, 11) is 1.63. The molecule has 0 radical (unpaired) electrons. The van der Waals surface area contributed by atoms with Crippen LogP contribution in [0, 0.1) is 6.92 Å². The molecule has 1 heterocycles. The molecule has 0 aliphatic carbocycles. The summed E-state index contributed by atoms with van der Waals surface area (Å²) in [5.74, 6) is 0.349. The Balaban J connectivity index is 1.93. The first-order valence-electron chi connectivity index (χ1n) is 7.22. The molecular formula is C16H19BrN4O2. The van der Waals surface area contributed by atoms with Crippen molar-refractivity contribution in [3.8, 4) is 0 Å². The Bertz CT molecular complexity index is 662. The number of rotatable bonds is 7. The van der Waals surface area contributed by atoms with Crippen molar-refractivity contribution in [1.82, 2.24) is 15.3 Å². The molecule has 0 bridgehead atoms. The van der Waals surface area contributed by atoms with Gasteiger partial charge in [0.05, 0.1) is 12.4 Å². The number of aryl methyl sites for hydroxylation is 1. The van der Waals surface area contributed by atoms with Crippen LogP contribution in [0.4, 0.5) is 11.5 Å². The van der Waals surface area contributed by atoms with E-state index in [1.54, 1.807) is 13.3 Å². The summed E-state index contributed by atoms with van der Waals surface area (Å²) in [4.78, 5) is 20.2. The third kappa shape index (κ3) is 5.30. The van der Waals surface area contributed by atoms with Crippen LogP contribution in [0.25, 0.3) is 0 Å². The van der Waals surface area contributed by atoms with E-state index in [0.717, 1.165) is 22.1 Å². The maximum Gasteiger partial charge on any atom is 0.271 e. The molecule has 0 saturated carbocycles. The van der Waals surface area contributed by atoms with Crippen molar-refractivity contribution in [3.63, 3.8) is 0 Å². The van der Waals surface area contributed by atoms with Gasteiger partial charge in [-0.15, -0.1) is 0 Å². The predicted octanol–water partition coefficient (Wildman–Crippen LogP) is 3.06. The van der Waals surface area contributed by atoms with Crippen LogP contribution in [0.15, 0.2) is 35.1 Å². The van der Waals surface area contributed by atoms with Gasteiger partial charge in [-0.05, 0) is 37.1 Å². The number of nitrogens with zero attached hydrogens (tertiary/aromatic N) is 2. The van der Waals surface area contributed by atoms with Crippen molar-refractivity contribution < 1.29 is 9.53 Å². The Morgan fingerprint density at radius 3 is 2.78 bits per heavy atom. The van der Waals surface area contributed by atoms with Gasteiger partial charge in [0.25, 0.3) is 5.91 Å². The summed E-state index contributed by atoms with van der Waals surface area (Å²) in [6.45, 7) is 3.17. The minimum absolute atomic E-state index is 0.236. The van der Waals surface area contributed by atoms with E-state index in [1.807, 2.05) is 25.1 Å². The Hall–Kier alpha value is -1.99. The number of methoxy groups -OCH3 is 1. The summed E-state index contributed by atoms with van der Waals surface area (Å²) in [5, 5.41) is 5.92. The van der Waals surface area contributed by atoms with Crippen LogP contribution in [-0.2, 0) is 4.74 Å². The molecule has 2 rings (SSSR count). The van der Waals surface area contributed by atoms with E-state index in [4.69, 9.17) is 4.74 Å². The summed E-state index contributed by atoms with van der Waals surface area (Å²) in [6, 6.07) is 5.91. The lowest BCUT2D eigenvalue weighted by Crippen LogP contribution is -2.26. The summed E-state index contributed by atoms with van der Waals surface area (Å²) in [5.41, 5.74) is 2.33. The van der Waals surface area contributed by atoms with Crippen LogP contribution in [0.3, 0.4) is 0 Å². The maximum atomic E-state index is 11.9. The van der Waals surface area contributed by atoms with E-state index in [2.05, 4.69) is 36.5 Å². The number of carbonyl (C=O) groups is 1. The zero-order valence-electron chi connectivity index (χ0n) is 13.1. The molecule has 6 nitrogen and oxygen atoms in total. The van der Waals surface area contributed by atoms with E-state index < -0.39 is 0 Å². The lowest BCUT2D eigenvalue weighted by molar-refractivity contribution is 0.0943. The van der Waals surface area contributed by atoms with Crippen LogP contribution >= 0.6 is 15.9 Å². The maximum absolute atomic E-state index is 11.9. The monoisotopic (exact) mass is 378 g/mol. The second-order valence-electron chi connectivity index (χ2n) is 4.98. The van der Waals surface area contributed by atoms with E-state index >= 15 is 0 Å². The highest BCUT2D eigenvalue weighted by Crippen LogP contribution is 2.21. The summed E-state index contributed by atoms with van der Waals surface area (Å²) in [6.07, 6.45) is 3.76. The average Bonchev–Trinajstić information content (AvgIpc) is 2.55. The molecule has 0 fully saturated rings. The Morgan fingerprint density at radius 2 is 2.13 bits per heavy atom. The second-order valence-corrected chi connectivity index (χ2v) is 5.83. The molecule has 0 unspecified atom stereocenters. The molecule has 2 N–H and O–H groups in total. The molecule has 0 aliphatic rings. The van der Waals surface area contributed by atoms with Crippen molar-refractivity contribution in [2.75, 3.05) is 25.6 Å². The number of amides is 1. The fraction of sp³-hybridized carbons (Fsp3) is 0.312. The third-order valence-electron chi connectivity index (χ3n) is 3.13. The third-order valence-corrected chi connectivity index (χ3v) is 4.02. The van der Waals surface area contributed by atoms with Gasteiger partial charge in [0.2, 0.25) is 0 Å². The molecule has 1 aromatic carbocycles. The van der Waals surface area contributed by atoms with Crippen molar-refractivity contribution in [2.45, 2.75) is 13.3 Å². The van der Waals surface area contributed by atoms with Gasteiger partial charge in [0, 0.05) is 30.4 Å². The summed E-state index contributed by atoms with van der Waals surface area (Å²) >= 11 is 3.46. The van der Waals surface area contributed by atoms with Gasteiger partial charge >= 0.3 is 0 Å². The molecule has 0 spiro atoms. The standard InChI is InChI=1S/C16H19BrN4O2/c1-11-8-12(4-5-13(11)17)21-15-10-19-14(9-20-15)16(22)18-6-3-7-23-2/h4-5,8-10H,3,6-7H2,1-2H3,(H,18,22)(H,20,21). The number of nitrogens with one attached hydrogen (secondary N) is 2. The molecule has 2 aromatic rings. The average molecular weight is 379 g/mol. The minimum Gasteiger partial charge on any atom is -0.385 e. The van der Waals surface area contributed by atoms with Gasteiger partial charge in [0.15, 0.2) is 0 Å². The Kier molecular flexibility index (Phi) is 6.49. The van der Waals surface area contributed by atoms with Crippen molar-refractivity contribution in [1.29, 1.82) is 0 Å².